The Hall–Kier alpha value is -3.45. The number of methoxy groups -OCH3 is 2. The normalized spacial score (nSPS) is 11.7. The molecular weight excluding hydrogens is 386 g/mol. The number of carbonyl (C=O) groups is 3. The maximum Gasteiger partial charge on any atom is 0.244 e. The molecule has 30 heavy (non-hydrogen) atoms. The van der Waals surface area contributed by atoms with E-state index in [2.05, 4.69) is 5.32 Å². The van der Waals surface area contributed by atoms with Crippen molar-refractivity contribution in [2.75, 3.05) is 20.8 Å². The van der Waals surface area contributed by atoms with Crippen molar-refractivity contribution in [1.29, 1.82) is 0 Å². The average molecular weight is 411 g/mol. The Kier molecular flexibility index (Phi) is 8.31. The number of aliphatic hydroxyl groups excluding tert-OH is 1. The zero-order chi connectivity index (χ0) is 22.1. The Bertz CT molecular complexity index is 933. The average Bonchev–Trinajstić information content (AvgIpc) is 2.77. The molecule has 0 aliphatic rings. The Morgan fingerprint density at radius 2 is 1.77 bits per heavy atom. The van der Waals surface area contributed by atoms with Crippen molar-refractivity contribution < 1.29 is 29.0 Å². The highest BCUT2D eigenvalue weighted by Crippen LogP contribution is 2.25. The van der Waals surface area contributed by atoms with Gasteiger partial charge in [-0.05, 0) is 36.8 Å². The van der Waals surface area contributed by atoms with Crippen LogP contribution in [-0.2, 0) is 16.0 Å². The second kappa shape index (κ2) is 10.9. The summed E-state index contributed by atoms with van der Waals surface area (Å²) in [7, 11) is 3.08. The van der Waals surface area contributed by atoms with Crippen molar-refractivity contribution in [2.45, 2.75) is 19.4 Å². The molecule has 0 heterocycles. The van der Waals surface area contributed by atoms with Crippen molar-refractivity contribution in [3.05, 3.63) is 65.2 Å². The van der Waals surface area contributed by atoms with E-state index in [1.54, 1.807) is 62.6 Å². The molecule has 0 saturated carbocycles. The zero-order valence-electron chi connectivity index (χ0n) is 17.2. The Morgan fingerprint density at radius 1 is 1.07 bits per heavy atom. The van der Waals surface area contributed by atoms with Crippen LogP contribution in [0.15, 0.2) is 48.5 Å². The van der Waals surface area contributed by atoms with Crippen LogP contribution in [0.4, 0.5) is 0 Å². The summed E-state index contributed by atoms with van der Waals surface area (Å²) in [5.74, 6) is 0.257. The van der Waals surface area contributed by atoms with Crippen LogP contribution < -0.4 is 14.8 Å². The molecule has 0 aromatic heterocycles. The van der Waals surface area contributed by atoms with Gasteiger partial charge in [-0.15, -0.1) is 0 Å². The third-order valence-corrected chi connectivity index (χ3v) is 4.49. The molecule has 2 N–H and O–H groups in total. The Morgan fingerprint density at radius 3 is 2.37 bits per heavy atom. The summed E-state index contributed by atoms with van der Waals surface area (Å²) in [5, 5.41) is 11.5. The monoisotopic (exact) mass is 411 g/mol. The van der Waals surface area contributed by atoms with Crippen LogP contribution in [0.2, 0.25) is 0 Å². The fourth-order valence-electron chi connectivity index (χ4n) is 2.73. The highest BCUT2D eigenvalue weighted by molar-refractivity contribution is 5.98. The quantitative estimate of drug-likeness (QED) is 0.459. The predicted molar refractivity (Wildman–Crippen MR) is 113 cm³/mol. The van der Waals surface area contributed by atoms with E-state index in [1.807, 2.05) is 0 Å². The second-order valence-electron chi connectivity index (χ2n) is 6.59. The molecule has 7 nitrogen and oxygen atoms in total. The molecular formula is C23H25NO6. The maximum atomic E-state index is 12.4. The molecule has 158 valence electrons. The van der Waals surface area contributed by atoms with Gasteiger partial charge in [0, 0.05) is 23.6 Å². The van der Waals surface area contributed by atoms with E-state index in [4.69, 9.17) is 14.6 Å². The van der Waals surface area contributed by atoms with Crippen LogP contribution >= 0.6 is 0 Å². The summed E-state index contributed by atoms with van der Waals surface area (Å²) in [6.45, 7) is 1.06. The lowest BCUT2D eigenvalue weighted by Gasteiger charge is -2.12. The van der Waals surface area contributed by atoms with E-state index in [1.165, 1.54) is 13.2 Å². The van der Waals surface area contributed by atoms with Gasteiger partial charge in [0.05, 0.1) is 20.3 Å². The summed E-state index contributed by atoms with van der Waals surface area (Å²) < 4.78 is 10.4. The number of ether oxygens (including phenoxy) is 2. The first-order chi connectivity index (χ1) is 14.4. The van der Waals surface area contributed by atoms with Gasteiger partial charge >= 0.3 is 0 Å². The van der Waals surface area contributed by atoms with Crippen molar-refractivity contribution in [2.24, 2.45) is 0 Å². The fourth-order valence-corrected chi connectivity index (χ4v) is 2.73. The lowest BCUT2D eigenvalue weighted by Crippen LogP contribution is -2.38. The van der Waals surface area contributed by atoms with E-state index < -0.39 is 18.6 Å². The number of hydrogen-bond acceptors (Lipinski definition) is 6. The number of ketones is 2. The van der Waals surface area contributed by atoms with E-state index in [9.17, 15) is 14.4 Å². The standard InChI is InChI=1S/C23H25NO6/c1-15(20(26)12-16-4-6-17(7-5-16)21(27)14-25)24-23(28)11-8-18-13-19(29-2)9-10-22(18)30-3/h4-11,13,15,25H,12,14H2,1-3H3,(H,24,28)/b11-8+/t15-/m0/s1. The molecule has 7 heteroatoms. The number of nitrogens with one attached hydrogen (secondary N) is 1. The molecule has 0 bridgehead atoms. The molecule has 0 unspecified atom stereocenters. The van der Waals surface area contributed by atoms with Crippen molar-refractivity contribution in [3.63, 3.8) is 0 Å². The molecule has 0 aliphatic heterocycles. The molecule has 2 aromatic rings. The second-order valence-corrected chi connectivity index (χ2v) is 6.59. The molecule has 0 saturated heterocycles. The first-order valence-corrected chi connectivity index (χ1v) is 9.34. The van der Waals surface area contributed by atoms with Crippen LogP contribution in [0.25, 0.3) is 6.08 Å². The van der Waals surface area contributed by atoms with Crippen LogP contribution in [0, 0.1) is 0 Å². The van der Waals surface area contributed by atoms with Gasteiger partial charge in [0.2, 0.25) is 5.91 Å². The van der Waals surface area contributed by atoms with Gasteiger partial charge in [-0.3, -0.25) is 14.4 Å². The Labute approximate surface area is 175 Å². The SMILES string of the molecule is COc1ccc(OC)c(/C=C/C(=O)N[C@@H](C)C(=O)Cc2ccc(C(=O)CO)cc2)c1. The molecule has 0 aliphatic carbocycles. The third kappa shape index (κ3) is 6.28. The first-order valence-electron chi connectivity index (χ1n) is 9.34. The van der Waals surface area contributed by atoms with E-state index >= 15 is 0 Å². The van der Waals surface area contributed by atoms with Crippen LogP contribution in [0.1, 0.15) is 28.4 Å². The highest BCUT2D eigenvalue weighted by atomic mass is 16.5. The third-order valence-electron chi connectivity index (χ3n) is 4.49. The number of benzene rings is 2. The van der Waals surface area contributed by atoms with Gasteiger partial charge in [-0.1, -0.05) is 24.3 Å². The molecule has 1 amide bonds. The molecule has 0 radical (unpaired) electrons. The summed E-state index contributed by atoms with van der Waals surface area (Å²) in [4.78, 5) is 36.0. The summed E-state index contributed by atoms with van der Waals surface area (Å²) in [6, 6.07) is 11.0. The molecule has 2 rings (SSSR count). The van der Waals surface area contributed by atoms with Crippen LogP contribution in [0.5, 0.6) is 11.5 Å². The number of Topliss-reactive ketones (excluding diaryl/α,β-unsaturated/α-hetero) is 2. The maximum absolute atomic E-state index is 12.4. The fraction of sp³-hybridized carbons (Fsp3) is 0.261. The van der Waals surface area contributed by atoms with Crippen LogP contribution in [-0.4, -0.2) is 49.4 Å². The van der Waals surface area contributed by atoms with E-state index in [-0.39, 0.29) is 18.0 Å². The minimum atomic E-state index is -0.687. The van der Waals surface area contributed by atoms with Crippen LogP contribution in [0.3, 0.4) is 0 Å². The minimum absolute atomic E-state index is 0.114. The highest BCUT2D eigenvalue weighted by Gasteiger charge is 2.15. The lowest BCUT2D eigenvalue weighted by atomic mass is 10.0. The number of carbonyl (C=O) groups excluding carboxylic acids is 3. The van der Waals surface area contributed by atoms with Crippen molar-refractivity contribution >= 4 is 23.5 Å². The number of aliphatic hydroxyl groups is 1. The van der Waals surface area contributed by atoms with Gasteiger partial charge < -0.3 is 19.9 Å². The molecule has 0 spiro atoms. The predicted octanol–water partition coefficient (Wildman–Crippen LogP) is 2.21. The zero-order valence-corrected chi connectivity index (χ0v) is 17.2. The summed E-state index contributed by atoms with van der Waals surface area (Å²) >= 11 is 0. The van der Waals surface area contributed by atoms with E-state index in [0.29, 0.717) is 28.2 Å². The number of amides is 1. The smallest absolute Gasteiger partial charge is 0.244 e. The van der Waals surface area contributed by atoms with Crippen molar-refractivity contribution in [1.82, 2.24) is 5.32 Å². The molecule has 2 aromatic carbocycles. The van der Waals surface area contributed by atoms with Gasteiger partial charge in [-0.25, -0.2) is 0 Å². The summed E-state index contributed by atoms with van der Waals surface area (Å²) in [5.41, 5.74) is 1.77. The van der Waals surface area contributed by atoms with Gasteiger partial charge in [0.15, 0.2) is 11.6 Å². The molecule has 0 fully saturated rings. The minimum Gasteiger partial charge on any atom is -0.497 e. The van der Waals surface area contributed by atoms with E-state index in [0.717, 1.165) is 0 Å². The largest absolute Gasteiger partial charge is 0.497 e. The van der Waals surface area contributed by atoms with Gasteiger partial charge in [0.1, 0.15) is 18.1 Å². The molecule has 1 atom stereocenters. The number of rotatable bonds is 10. The topological polar surface area (TPSA) is 102 Å². The lowest BCUT2D eigenvalue weighted by molar-refractivity contribution is -0.124. The van der Waals surface area contributed by atoms with Crippen molar-refractivity contribution in [3.8, 4) is 11.5 Å². The van der Waals surface area contributed by atoms with Gasteiger partial charge in [0.25, 0.3) is 0 Å². The first kappa shape index (κ1) is 22.8. The van der Waals surface area contributed by atoms with Gasteiger partial charge in [-0.2, -0.15) is 0 Å². The summed E-state index contributed by atoms with van der Waals surface area (Å²) in [6.07, 6.45) is 3.03. The Balaban J connectivity index is 1.96. The number of hydrogen-bond donors (Lipinski definition) is 2.